The summed E-state index contributed by atoms with van der Waals surface area (Å²) < 4.78 is 5.38. The summed E-state index contributed by atoms with van der Waals surface area (Å²) in [7, 11) is 0. The lowest BCUT2D eigenvalue weighted by atomic mass is 10.1. The molecule has 1 fully saturated rings. The van der Waals surface area contributed by atoms with Gasteiger partial charge in [0.2, 0.25) is 0 Å². The SMILES string of the molecule is CC1COCCN1CC(O)c1ccc(N)cc1. The standard InChI is InChI=1S/C13H20N2O2/c1-10-9-17-7-6-15(10)8-13(16)11-2-4-12(14)5-3-11/h2-5,10,13,16H,6-9,14H2,1H3. The molecule has 1 aliphatic rings. The van der Waals surface area contributed by atoms with E-state index in [0.717, 1.165) is 31.0 Å². The Morgan fingerprint density at radius 3 is 2.82 bits per heavy atom. The van der Waals surface area contributed by atoms with Crippen LogP contribution in [-0.4, -0.2) is 42.4 Å². The van der Waals surface area contributed by atoms with Crippen molar-refractivity contribution in [3.05, 3.63) is 29.8 Å². The van der Waals surface area contributed by atoms with Gasteiger partial charge in [0.15, 0.2) is 0 Å². The molecule has 1 aromatic rings. The number of β-amino-alcohol motifs (C(OH)–C–C–N with tert-alkyl or cyclic N) is 1. The second kappa shape index (κ2) is 5.49. The Bertz CT molecular complexity index is 353. The molecule has 3 N–H and O–H groups in total. The molecular formula is C13H20N2O2. The van der Waals surface area contributed by atoms with E-state index in [1.54, 1.807) is 0 Å². The fourth-order valence-corrected chi connectivity index (χ4v) is 2.08. The van der Waals surface area contributed by atoms with Crippen LogP contribution in [-0.2, 0) is 4.74 Å². The van der Waals surface area contributed by atoms with Crippen LogP contribution in [0.4, 0.5) is 5.69 Å². The Morgan fingerprint density at radius 2 is 2.18 bits per heavy atom. The molecule has 2 unspecified atom stereocenters. The van der Waals surface area contributed by atoms with Crippen LogP contribution >= 0.6 is 0 Å². The maximum Gasteiger partial charge on any atom is 0.0917 e. The van der Waals surface area contributed by atoms with Gasteiger partial charge in [-0.15, -0.1) is 0 Å². The number of rotatable bonds is 3. The molecule has 1 heterocycles. The van der Waals surface area contributed by atoms with E-state index in [2.05, 4.69) is 11.8 Å². The highest BCUT2D eigenvalue weighted by Gasteiger charge is 2.21. The summed E-state index contributed by atoms with van der Waals surface area (Å²) in [5.41, 5.74) is 7.26. The van der Waals surface area contributed by atoms with Crippen molar-refractivity contribution < 1.29 is 9.84 Å². The van der Waals surface area contributed by atoms with Gasteiger partial charge < -0.3 is 15.6 Å². The van der Waals surface area contributed by atoms with Crippen LogP contribution in [0.25, 0.3) is 0 Å². The number of anilines is 1. The number of nitrogens with zero attached hydrogens (tertiary/aromatic N) is 1. The van der Waals surface area contributed by atoms with Gasteiger partial charge in [-0.1, -0.05) is 12.1 Å². The third-order valence-electron chi connectivity index (χ3n) is 3.23. The first kappa shape index (κ1) is 12.4. The van der Waals surface area contributed by atoms with Gasteiger partial charge in [0.05, 0.1) is 19.3 Å². The monoisotopic (exact) mass is 236 g/mol. The number of hydrogen-bond acceptors (Lipinski definition) is 4. The normalized spacial score (nSPS) is 23.5. The van der Waals surface area contributed by atoms with Crippen LogP contribution in [0.1, 0.15) is 18.6 Å². The van der Waals surface area contributed by atoms with Crippen molar-refractivity contribution in [1.82, 2.24) is 4.90 Å². The van der Waals surface area contributed by atoms with Gasteiger partial charge >= 0.3 is 0 Å². The van der Waals surface area contributed by atoms with Gasteiger partial charge in [-0.25, -0.2) is 0 Å². The lowest BCUT2D eigenvalue weighted by Crippen LogP contribution is -2.45. The second-order valence-corrected chi connectivity index (χ2v) is 4.60. The molecule has 1 aliphatic heterocycles. The van der Waals surface area contributed by atoms with Crippen molar-refractivity contribution in [1.29, 1.82) is 0 Å². The molecule has 4 nitrogen and oxygen atoms in total. The Hall–Kier alpha value is -1.10. The molecule has 0 aliphatic carbocycles. The highest BCUT2D eigenvalue weighted by Crippen LogP contribution is 2.18. The van der Waals surface area contributed by atoms with Crippen molar-refractivity contribution in [2.45, 2.75) is 19.1 Å². The number of aliphatic hydroxyl groups is 1. The van der Waals surface area contributed by atoms with E-state index >= 15 is 0 Å². The smallest absolute Gasteiger partial charge is 0.0917 e. The summed E-state index contributed by atoms with van der Waals surface area (Å²) in [5, 5.41) is 10.2. The second-order valence-electron chi connectivity index (χ2n) is 4.60. The highest BCUT2D eigenvalue weighted by molar-refractivity contribution is 5.39. The lowest BCUT2D eigenvalue weighted by molar-refractivity contribution is -0.0203. The Morgan fingerprint density at radius 1 is 1.47 bits per heavy atom. The van der Waals surface area contributed by atoms with Crippen molar-refractivity contribution in [3.63, 3.8) is 0 Å². The first-order valence-corrected chi connectivity index (χ1v) is 6.02. The number of nitrogens with two attached hydrogens (primary N) is 1. The maximum atomic E-state index is 10.2. The fraction of sp³-hybridized carbons (Fsp3) is 0.538. The zero-order chi connectivity index (χ0) is 12.3. The van der Waals surface area contributed by atoms with E-state index < -0.39 is 6.10 Å². The van der Waals surface area contributed by atoms with Gasteiger partial charge in [-0.3, -0.25) is 4.90 Å². The molecule has 1 aromatic carbocycles. The van der Waals surface area contributed by atoms with Crippen LogP contribution in [0, 0.1) is 0 Å². The van der Waals surface area contributed by atoms with Crippen LogP contribution in [0.15, 0.2) is 24.3 Å². The van der Waals surface area contributed by atoms with Crippen molar-refractivity contribution in [2.75, 3.05) is 32.0 Å². The molecule has 94 valence electrons. The van der Waals surface area contributed by atoms with Gasteiger partial charge in [0.25, 0.3) is 0 Å². The molecule has 0 aromatic heterocycles. The average molecular weight is 236 g/mol. The first-order chi connectivity index (χ1) is 8.16. The number of morpholine rings is 1. The number of ether oxygens (including phenoxy) is 1. The zero-order valence-electron chi connectivity index (χ0n) is 10.2. The van der Waals surface area contributed by atoms with Crippen molar-refractivity contribution >= 4 is 5.69 Å². The van der Waals surface area contributed by atoms with Gasteiger partial charge in [0, 0.05) is 24.8 Å². The van der Waals surface area contributed by atoms with Crippen LogP contribution in [0.3, 0.4) is 0 Å². The average Bonchev–Trinajstić information content (AvgIpc) is 2.33. The third-order valence-corrected chi connectivity index (χ3v) is 3.23. The summed E-state index contributed by atoms with van der Waals surface area (Å²) in [5.74, 6) is 0. The highest BCUT2D eigenvalue weighted by atomic mass is 16.5. The van der Waals surface area contributed by atoms with Gasteiger partial charge in [-0.05, 0) is 24.6 Å². The van der Waals surface area contributed by atoms with E-state index in [1.807, 2.05) is 24.3 Å². The Balaban J connectivity index is 1.95. The number of nitrogen functional groups attached to an aromatic ring is 1. The van der Waals surface area contributed by atoms with Gasteiger partial charge in [-0.2, -0.15) is 0 Å². The third kappa shape index (κ3) is 3.19. The molecule has 17 heavy (non-hydrogen) atoms. The number of benzene rings is 1. The number of aliphatic hydroxyl groups excluding tert-OH is 1. The molecule has 0 saturated carbocycles. The Kier molecular flexibility index (Phi) is 3.99. The molecule has 2 atom stereocenters. The van der Waals surface area contributed by atoms with E-state index in [4.69, 9.17) is 10.5 Å². The lowest BCUT2D eigenvalue weighted by Gasteiger charge is -2.34. The molecule has 0 radical (unpaired) electrons. The Labute approximate surface area is 102 Å². The topological polar surface area (TPSA) is 58.7 Å². The zero-order valence-corrected chi connectivity index (χ0v) is 10.2. The molecule has 0 spiro atoms. The van der Waals surface area contributed by atoms with E-state index in [0.29, 0.717) is 12.6 Å². The number of hydrogen-bond donors (Lipinski definition) is 2. The van der Waals surface area contributed by atoms with Crippen molar-refractivity contribution in [2.24, 2.45) is 0 Å². The van der Waals surface area contributed by atoms with Crippen LogP contribution < -0.4 is 5.73 Å². The van der Waals surface area contributed by atoms with E-state index in [1.165, 1.54) is 0 Å². The summed E-state index contributed by atoms with van der Waals surface area (Å²) in [6, 6.07) is 7.77. The summed E-state index contributed by atoms with van der Waals surface area (Å²) in [4.78, 5) is 2.25. The summed E-state index contributed by atoms with van der Waals surface area (Å²) in [6.45, 7) is 5.14. The molecule has 1 saturated heterocycles. The first-order valence-electron chi connectivity index (χ1n) is 6.02. The minimum atomic E-state index is -0.462. The van der Waals surface area contributed by atoms with Gasteiger partial charge in [0.1, 0.15) is 0 Å². The largest absolute Gasteiger partial charge is 0.399 e. The molecule has 0 amide bonds. The van der Waals surface area contributed by atoms with E-state index in [9.17, 15) is 5.11 Å². The predicted octanol–water partition coefficient (Wildman–Crippen LogP) is 1.02. The minimum absolute atomic E-state index is 0.368. The minimum Gasteiger partial charge on any atom is -0.399 e. The van der Waals surface area contributed by atoms with Crippen LogP contribution in [0.2, 0.25) is 0 Å². The predicted molar refractivity (Wildman–Crippen MR) is 67.7 cm³/mol. The molecule has 2 rings (SSSR count). The van der Waals surface area contributed by atoms with Crippen molar-refractivity contribution in [3.8, 4) is 0 Å². The molecular weight excluding hydrogens is 216 g/mol. The molecule has 4 heteroatoms. The van der Waals surface area contributed by atoms with Crippen LogP contribution in [0.5, 0.6) is 0 Å². The summed E-state index contributed by atoms with van der Waals surface area (Å²) >= 11 is 0. The molecule has 0 bridgehead atoms. The summed E-state index contributed by atoms with van der Waals surface area (Å²) in [6.07, 6.45) is -0.462. The maximum absolute atomic E-state index is 10.2. The quantitative estimate of drug-likeness (QED) is 0.769. The fourth-order valence-electron chi connectivity index (χ4n) is 2.08. The van der Waals surface area contributed by atoms with E-state index in [-0.39, 0.29) is 0 Å².